The number of aryl methyl sites for hydroxylation is 1. The Morgan fingerprint density at radius 3 is 2.52 bits per heavy atom. The van der Waals surface area contributed by atoms with Crippen molar-refractivity contribution in [2.45, 2.75) is 68.9 Å². The molecule has 0 saturated carbocycles. The highest BCUT2D eigenvalue weighted by Crippen LogP contribution is 2.56. The molecule has 4 aromatic carbocycles. The van der Waals surface area contributed by atoms with E-state index in [1.54, 1.807) is 4.68 Å². The highest BCUT2D eigenvalue weighted by molar-refractivity contribution is 6.34. The van der Waals surface area contributed by atoms with Gasteiger partial charge in [0.1, 0.15) is 11.6 Å². The summed E-state index contributed by atoms with van der Waals surface area (Å²) in [5.41, 5.74) is 7.80. The van der Waals surface area contributed by atoms with Crippen LogP contribution in [-0.4, -0.2) is 77.6 Å². The van der Waals surface area contributed by atoms with Crippen molar-refractivity contribution in [1.29, 1.82) is 0 Å². The van der Waals surface area contributed by atoms with Gasteiger partial charge < -0.3 is 30.7 Å². The number of benzene rings is 4. The summed E-state index contributed by atoms with van der Waals surface area (Å²) < 4.78 is 45.6. The molecule has 4 heterocycles. The maximum absolute atomic E-state index is 16.1. The van der Waals surface area contributed by atoms with E-state index in [0.717, 1.165) is 22.2 Å². The van der Waals surface area contributed by atoms with Crippen LogP contribution < -0.4 is 31.2 Å². The molecule has 0 radical (unpaired) electrons. The number of nitrogens with two attached hydrogens (primary N) is 1. The summed E-state index contributed by atoms with van der Waals surface area (Å²) >= 11 is 6.66. The summed E-state index contributed by atoms with van der Waals surface area (Å²) in [6, 6.07) is 19.2. The van der Waals surface area contributed by atoms with Gasteiger partial charge >= 0.3 is 0 Å². The van der Waals surface area contributed by atoms with Crippen LogP contribution in [0, 0.1) is 11.6 Å². The van der Waals surface area contributed by atoms with Crippen LogP contribution in [0.5, 0.6) is 11.5 Å². The number of amides is 4. The highest BCUT2D eigenvalue weighted by Gasteiger charge is 2.50. The predicted octanol–water partition coefficient (Wildman–Crippen LogP) is 6.66. The first-order chi connectivity index (χ1) is 29.8. The standard InChI is InChI=1S/C46H48ClF2N7O6/c1-25-38-35(23-32(48)41(47)40(38)39-30(44(50)59)13-15-34(61-3)42(39)49)62-46(25,26-8-5-4-6-9-26)24-52-27-17-20-56(21-18-27)37(58)10-7-19-51-28-11-12-29-33(22-28)55(2)54-43(29)31-14-16-36(57)53-45(31)60/h4-6,8-9,11-13,15,22-23,25,27,31,51-52H,7,10,14,16-21,24H2,1-3H3,(H2,50,59)(H,53,57,60). The summed E-state index contributed by atoms with van der Waals surface area (Å²) in [6.45, 7) is 3.93. The van der Waals surface area contributed by atoms with E-state index in [1.165, 1.54) is 25.3 Å². The molecule has 5 N–H and O–H groups in total. The second-order valence-corrected chi connectivity index (χ2v) is 16.6. The summed E-state index contributed by atoms with van der Waals surface area (Å²) in [7, 11) is 3.12. The number of hydrogen-bond donors (Lipinski definition) is 4. The number of carbonyl (C=O) groups is 4. The largest absolute Gasteiger partial charge is 0.494 e. The monoisotopic (exact) mass is 867 g/mol. The van der Waals surface area contributed by atoms with Crippen molar-refractivity contribution < 1.29 is 37.4 Å². The summed E-state index contributed by atoms with van der Waals surface area (Å²) in [6.07, 6.45) is 3.12. The number of likely N-dealkylation sites (tertiary alicyclic amines) is 1. The SMILES string of the molecule is COc1ccc(C(N)=O)c(-c2c(Cl)c(F)cc3c2C(C)C(CNC2CCN(C(=O)CCCNc4ccc5c(C6CCC(=O)NC6=O)nn(C)c5c4)CC2)(c2ccccc2)O3)c1F. The number of ether oxygens (including phenoxy) is 2. The minimum atomic E-state index is -1.09. The van der Waals surface area contributed by atoms with Crippen LogP contribution in [0.15, 0.2) is 66.7 Å². The first kappa shape index (κ1) is 42.6. The van der Waals surface area contributed by atoms with Gasteiger partial charge in [-0.1, -0.05) is 48.9 Å². The number of carbonyl (C=O) groups excluding carboxylic acids is 4. The van der Waals surface area contributed by atoms with Crippen molar-refractivity contribution in [2.75, 3.05) is 38.6 Å². The Kier molecular flexibility index (Phi) is 11.9. The third kappa shape index (κ3) is 7.83. The number of rotatable bonds is 13. The fourth-order valence-corrected chi connectivity index (χ4v) is 9.50. The molecule has 4 amide bonds. The minimum absolute atomic E-state index is 0.0192. The second-order valence-electron chi connectivity index (χ2n) is 16.2. The molecule has 3 unspecified atom stereocenters. The third-order valence-corrected chi connectivity index (χ3v) is 13.0. The number of fused-ring (bicyclic) bond motifs is 2. The van der Waals surface area contributed by atoms with Gasteiger partial charge in [-0.15, -0.1) is 0 Å². The van der Waals surface area contributed by atoms with E-state index in [1.807, 2.05) is 67.4 Å². The van der Waals surface area contributed by atoms with Gasteiger partial charge in [-0.25, -0.2) is 8.78 Å². The van der Waals surface area contributed by atoms with Crippen LogP contribution in [0.4, 0.5) is 14.5 Å². The normalized spacial score (nSPS) is 20.2. The molecule has 0 bridgehead atoms. The van der Waals surface area contributed by atoms with Crippen molar-refractivity contribution in [3.8, 4) is 22.6 Å². The molecule has 13 nitrogen and oxygen atoms in total. The predicted molar refractivity (Wildman–Crippen MR) is 230 cm³/mol. The van der Waals surface area contributed by atoms with Crippen molar-refractivity contribution in [1.82, 2.24) is 25.3 Å². The Morgan fingerprint density at radius 1 is 1.05 bits per heavy atom. The van der Waals surface area contributed by atoms with Gasteiger partial charge in [0.25, 0.3) is 0 Å². The molecular weight excluding hydrogens is 820 g/mol. The van der Waals surface area contributed by atoms with E-state index in [4.69, 9.17) is 26.8 Å². The quantitative estimate of drug-likeness (QED) is 0.0747. The summed E-state index contributed by atoms with van der Waals surface area (Å²) in [4.78, 5) is 52.0. The number of aromatic nitrogens is 2. The van der Waals surface area contributed by atoms with Crippen LogP contribution in [0.1, 0.15) is 84.5 Å². The molecular formula is C46H48ClF2N7O6. The minimum Gasteiger partial charge on any atom is -0.494 e. The Hall–Kier alpha value is -6.06. The zero-order valence-electron chi connectivity index (χ0n) is 34.7. The van der Waals surface area contributed by atoms with Crippen LogP contribution in [0.2, 0.25) is 5.02 Å². The second kappa shape index (κ2) is 17.4. The number of nitrogens with one attached hydrogen (secondary N) is 3. The maximum Gasteiger partial charge on any atom is 0.249 e. The Morgan fingerprint density at radius 2 is 1.81 bits per heavy atom. The number of piperidine rings is 2. The molecule has 3 aliphatic rings. The van der Waals surface area contributed by atoms with Gasteiger partial charge in [-0.2, -0.15) is 5.10 Å². The molecule has 2 saturated heterocycles. The molecule has 0 spiro atoms. The van der Waals surface area contributed by atoms with Crippen molar-refractivity contribution in [3.05, 3.63) is 106 Å². The van der Waals surface area contributed by atoms with Crippen LogP contribution in [0.3, 0.4) is 0 Å². The van der Waals surface area contributed by atoms with Crippen LogP contribution in [-0.2, 0) is 27.0 Å². The average molecular weight is 868 g/mol. The molecule has 62 heavy (non-hydrogen) atoms. The molecule has 8 rings (SSSR count). The van der Waals surface area contributed by atoms with Crippen molar-refractivity contribution in [2.24, 2.45) is 12.8 Å². The molecule has 324 valence electrons. The third-order valence-electron chi connectivity index (χ3n) is 12.6. The van der Waals surface area contributed by atoms with E-state index in [0.29, 0.717) is 69.5 Å². The van der Waals surface area contributed by atoms with Gasteiger partial charge in [0.2, 0.25) is 23.6 Å². The van der Waals surface area contributed by atoms with E-state index >= 15 is 8.78 Å². The fraction of sp³-hybridized carbons (Fsp3) is 0.370. The number of imide groups is 1. The Balaban J connectivity index is 0.904. The molecule has 0 aliphatic carbocycles. The van der Waals surface area contributed by atoms with Crippen molar-refractivity contribution >= 4 is 51.8 Å². The van der Waals surface area contributed by atoms with E-state index < -0.39 is 35.0 Å². The van der Waals surface area contributed by atoms with E-state index in [2.05, 4.69) is 21.0 Å². The number of hydrogen-bond acceptors (Lipinski definition) is 9. The molecule has 5 aromatic rings. The zero-order chi connectivity index (χ0) is 43.9. The molecule has 1 aromatic heterocycles. The van der Waals surface area contributed by atoms with E-state index in [9.17, 15) is 19.2 Å². The lowest BCUT2D eigenvalue weighted by molar-refractivity contribution is -0.134. The number of anilines is 1. The lowest BCUT2D eigenvalue weighted by Crippen LogP contribution is -2.50. The molecule has 3 aliphatic heterocycles. The summed E-state index contributed by atoms with van der Waals surface area (Å²) in [5.74, 6) is -4.15. The summed E-state index contributed by atoms with van der Waals surface area (Å²) in [5, 5.41) is 14.6. The molecule has 3 atom stereocenters. The fourth-order valence-electron chi connectivity index (χ4n) is 9.24. The first-order valence-corrected chi connectivity index (χ1v) is 21.2. The van der Waals surface area contributed by atoms with E-state index in [-0.39, 0.29) is 63.4 Å². The van der Waals surface area contributed by atoms with Crippen LogP contribution in [0.25, 0.3) is 22.0 Å². The molecule has 2 fully saturated rings. The topological polar surface area (TPSA) is 170 Å². The lowest BCUT2D eigenvalue weighted by Gasteiger charge is -2.38. The van der Waals surface area contributed by atoms with Crippen LogP contribution >= 0.6 is 11.6 Å². The number of nitrogens with zero attached hydrogens (tertiary/aromatic N) is 3. The van der Waals surface area contributed by atoms with Gasteiger partial charge in [0.15, 0.2) is 17.2 Å². The Labute approximate surface area is 362 Å². The smallest absolute Gasteiger partial charge is 0.249 e. The Bertz CT molecular complexity index is 2580. The molecule has 16 heteroatoms. The zero-order valence-corrected chi connectivity index (χ0v) is 35.4. The average Bonchev–Trinajstić information content (AvgIpc) is 3.74. The first-order valence-electron chi connectivity index (χ1n) is 20.8. The number of primary amides is 1. The van der Waals surface area contributed by atoms with Gasteiger partial charge in [-0.3, -0.25) is 29.2 Å². The maximum atomic E-state index is 16.1. The van der Waals surface area contributed by atoms with Gasteiger partial charge in [0, 0.05) is 91.9 Å². The lowest BCUT2D eigenvalue weighted by atomic mass is 9.77. The number of methoxy groups -OCH3 is 1. The highest BCUT2D eigenvalue weighted by atomic mass is 35.5. The number of halogens is 3. The van der Waals surface area contributed by atoms with Gasteiger partial charge in [-0.05, 0) is 61.6 Å². The van der Waals surface area contributed by atoms with Crippen molar-refractivity contribution in [3.63, 3.8) is 0 Å². The van der Waals surface area contributed by atoms with Gasteiger partial charge in [0.05, 0.1) is 34.8 Å².